The Morgan fingerprint density at radius 2 is 1.88 bits per heavy atom. The van der Waals surface area contributed by atoms with Gasteiger partial charge in [-0.1, -0.05) is 55.2 Å². The number of rotatable bonds is 6. The van der Waals surface area contributed by atoms with Gasteiger partial charge < -0.3 is 10.1 Å². The molecule has 0 saturated heterocycles. The summed E-state index contributed by atoms with van der Waals surface area (Å²) in [6.45, 7) is 5.94. The summed E-state index contributed by atoms with van der Waals surface area (Å²) in [6.07, 6.45) is 0.294. The molecule has 0 aliphatic carbocycles. The molecule has 2 aromatic carbocycles. The van der Waals surface area contributed by atoms with Crippen LogP contribution in [0.2, 0.25) is 10.0 Å². The quantitative estimate of drug-likeness (QED) is 0.690. The van der Waals surface area contributed by atoms with E-state index >= 15 is 0 Å². The first-order chi connectivity index (χ1) is 11.4. The maximum atomic E-state index is 12.5. The van der Waals surface area contributed by atoms with Gasteiger partial charge in [0.1, 0.15) is 5.75 Å². The fraction of sp³-hybridized carbons (Fsp3) is 0.316. The predicted octanol–water partition coefficient (Wildman–Crippen LogP) is 5.91. The van der Waals surface area contributed by atoms with Gasteiger partial charge in [0.2, 0.25) is 0 Å². The summed E-state index contributed by atoms with van der Waals surface area (Å²) in [4.78, 5) is 12.5. The molecule has 0 saturated carbocycles. The zero-order valence-electron chi connectivity index (χ0n) is 14.0. The molecule has 0 unspecified atom stereocenters. The summed E-state index contributed by atoms with van der Waals surface area (Å²) in [5, 5.41) is 3.86. The van der Waals surface area contributed by atoms with Gasteiger partial charge in [-0.2, -0.15) is 0 Å². The van der Waals surface area contributed by atoms with Crippen molar-refractivity contribution in [3.05, 3.63) is 58.1 Å². The Morgan fingerprint density at radius 1 is 1.17 bits per heavy atom. The molecule has 0 aliphatic heterocycles. The molecule has 0 aliphatic rings. The highest BCUT2D eigenvalue weighted by molar-refractivity contribution is 6.34. The van der Waals surface area contributed by atoms with Gasteiger partial charge in [-0.3, -0.25) is 4.79 Å². The number of hydrogen-bond donors (Lipinski definition) is 1. The fourth-order valence-electron chi connectivity index (χ4n) is 2.31. The first kappa shape index (κ1) is 18.6. The van der Waals surface area contributed by atoms with Crippen LogP contribution >= 0.6 is 23.2 Å². The van der Waals surface area contributed by atoms with Crippen LogP contribution < -0.4 is 10.1 Å². The van der Waals surface area contributed by atoms with Crippen LogP contribution in [-0.2, 0) is 4.79 Å². The van der Waals surface area contributed by atoms with Gasteiger partial charge in [0.25, 0.3) is 5.91 Å². The minimum absolute atomic E-state index is 0.234. The number of hydrogen-bond acceptors (Lipinski definition) is 2. The Bertz CT molecular complexity index is 718. The largest absolute Gasteiger partial charge is 0.479 e. The van der Waals surface area contributed by atoms with Crippen LogP contribution in [0.1, 0.15) is 38.7 Å². The summed E-state index contributed by atoms with van der Waals surface area (Å²) >= 11 is 12.0. The van der Waals surface area contributed by atoms with Gasteiger partial charge in [-0.05, 0) is 43.0 Å². The van der Waals surface area contributed by atoms with E-state index in [4.69, 9.17) is 27.9 Å². The highest BCUT2D eigenvalue weighted by Crippen LogP contribution is 2.29. The highest BCUT2D eigenvalue weighted by Gasteiger charge is 2.18. The van der Waals surface area contributed by atoms with Crippen molar-refractivity contribution in [2.24, 2.45) is 0 Å². The van der Waals surface area contributed by atoms with Crippen molar-refractivity contribution in [1.82, 2.24) is 0 Å². The molecule has 0 radical (unpaired) electrons. The minimum Gasteiger partial charge on any atom is -0.479 e. The molecule has 2 atom stereocenters. The van der Waals surface area contributed by atoms with E-state index in [1.807, 2.05) is 24.3 Å². The van der Waals surface area contributed by atoms with E-state index in [9.17, 15) is 4.79 Å². The van der Waals surface area contributed by atoms with E-state index in [0.717, 1.165) is 17.7 Å². The summed E-state index contributed by atoms with van der Waals surface area (Å²) in [7, 11) is 0. The first-order valence-electron chi connectivity index (χ1n) is 7.93. The van der Waals surface area contributed by atoms with E-state index in [1.54, 1.807) is 25.1 Å². The number of para-hydroxylation sites is 1. The Labute approximate surface area is 152 Å². The molecule has 1 N–H and O–H groups in total. The predicted molar refractivity (Wildman–Crippen MR) is 100 cm³/mol. The van der Waals surface area contributed by atoms with E-state index in [-0.39, 0.29) is 5.91 Å². The number of carbonyl (C=O) groups excluding carboxylic acids is 1. The molecule has 128 valence electrons. The third kappa shape index (κ3) is 4.65. The van der Waals surface area contributed by atoms with Crippen LogP contribution in [0.4, 0.5) is 5.69 Å². The van der Waals surface area contributed by atoms with E-state index < -0.39 is 6.10 Å². The van der Waals surface area contributed by atoms with E-state index in [2.05, 4.69) is 19.2 Å². The maximum absolute atomic E-state index is 12.5. The Balaban J connectivity index is 2.11. The maximum Gasteiger partial charge on any atom is 0.265 e. The molecule has 3 nitrogen and oxygen atoms in total. The number of carbonyl (C=O) groups is 1. The molecule has 0 spiro atoms. The number of ether oxygens (including phenoxy) is 1. The molecule has 5 heteroatoms. The lowest BCUT2D eigenvalue weighted by Crippen LogP contribution is -2.30. The third-order valence-corrected chi connectivity index (χ3v) is 4.48. The molecule has 2 rings (SSSR count). The normalized spacial score (nSPS) is 13.2. The number of benzene rings is 2. The van der Waals surface area contributed by atoms with Gasteiger partial charge >= 0.3 is 0 Å². The minimum atomic E-state index is -0.703. The second kappa shape index (κ2) is 8.41. The lowest BCUT2D eigenvalue weighted by Gasteiger charge is -2.19. The second-order valence-corrected chi connectivity index (χ2v) is 6.56. The van der Waals surface area contributed by atoms with Gasteiger partial charge in [0, 0.05) is 16.8 Å². The number of amides is 1. The zero-order chi connectivity index (χ0) is 17.7. The monoisotopic (exact) mass is 365 g/mol. The van der Waals surface area contributed by atoms with Crippen molar-refractivity contribution < 1.29 is 9.53 Å². The molecule has 24 heavy (non-hydrogen) atoms. The van der Waals surface area contributed by atoms with Crippen LogP contribution in [0.25, 0.3) is 0 Å². The average molecular weight is 366 g/mol. The molecule has 0 bridgehead atoms. The highest BCUT2D eigenvalue weighted by atomic mass is 35.5. The topological polar surface area (TPSA) is 38.3 Å². The molecule has 1 amide bonds. The summed E-state index contributed by atoms with van der Waals surface area (Å²) in [6, 6.07) is 12.7. The van der Waals surface area contributed by atoms with Gasteiger partial charge in [0.15, 0.2) is 6.10 Å². The molecule has 0 aromatic heterocycles. The molecular weight excluding hydrogens is 345 g/mol. The smallest absolute Gasteiger partial charge is 0.265 e. The SMILES string of the molecule is CC[C@@H](C)c1ccccc1NC(=O)[C@@H](C)Oc1cc(Cl)ccc1Cl. The lowest BCUT2D eigenvalue weighted by atomic mass is 9.97. The van der Waals surface area contributed by atoms with Crippen LogP contribution in [0.15, 0.2) is 42.5 Å². The van der Waals surface area contributed by atoms with Crippen molar-refractivity contribution in [1.29, 1.82) is 0 Å². The summed E-state index contributed by atoms with van der Waals surface area (Å²) in [5.74, 6) is 0.518. The molecule has 2 aromatic rings. The van der Waals surface area contributed by atoms with Crippen LogP contribution in [0.3, 0.4) is 0 Å². The van der Waals surface area contributed by atoms with E-state index in [1.165, 1.54) is 0 Å². The number of anilines is 1. The van der Waals surface area contributed by atoms with Gasteiger partial charge in [-0.15, -0.1) is 0 Å². The fourth-order valence-corrected chi connectivity index (χ4v) is 2.63. The number of halogens is 2. The van der Waals surface area contributed by atoms with Crippen LogP contribution in [0.5, 0.6) is 5.75 Å². The van der Waals surface area contributed by atoms with Crippen LogP contribution in [0, 0.1) is 0 Å². The zero-order valence-corrected chi connectivity index (χ0v) is 15.5. The van der Waals surface area contributed by atoms with Crippen molar-refractivity contribution in [3.63, 3.8) is 0 Å². The van der Waals surface area contributed by atoms with Gasteiger partial charge in [0.05, 0.1) is 5.02 Å². The molecular formula is C19H21Cl2NO2. The van der Waals surface area contributed by atoms with Gasteiger partial charge in [-0.25, -0.2) is 0 Å². The average Bonchev–Trinajstić information content (AvgIpc) is 2.57. The van der Waals surface area contributed by atoms with Crippen molar-refractivity contribution >= 4 is 34.8 Å². The Hall–Kier alpha value is -1.71. The summed E-state index contributed by atoms with van der Waals surface area (Å²) < 4.78 is 5.66. The standard InChI is InChI=1S/C19H21Cl2NO2/c1-4-12(2)15-7-5-6-8-17(15)22-19(23)13(3)24-18-11-14(20)9-10-16(18)21/h5-13H,4H2,1-3H3,(H,22,23)/t12-,13-/m1/s1. The van der Waals surface area contributed by atoms with Crippen molar-refractivity contribution in [2.75, 3.05) is 5.32 Å². The van der Waals surface area contributed by atoms with Crippen molar-refractivity contribution in [3.8, 4) is 5.75 Å². The van der Waals surface area contributed by atoms with E-state index in [0.29, 0.717) is 21.7 Å². The molecule has 0 heterocycles. The molecule has 0 fully saturated rings. The summed E-state index contributed by atoms with van der Waals surface area (Å²) in [5.41, 5.74) is 1.92. The second-order valence-electron chi connectivity index (χ2n) is 5.72. The van der Waals surface area contributed by atoms with Crippen LogP contribution in [-0.4, -0.2) is 12.0 Å². The Morgan fingerprint density at radius 3 is 2.58 bits per heavy atom. The Kier molecular flexibility index (Phi) is 6.52. The first-order valence-corrected chi connectivity index (χ1v) is 8.69. The van der Waals surface area contributed by atoms with Crippen molar-refractivity contribution in [2.45, 2.75) is 39.2 Å². The number of nitrogens with one attached hydrogen (secondary N) is 1. The third-order valence-electron chi connectivity index (χ3n) is 3.93. The lowest BCUT2D eigenvalue weighted by molar-refractivity contribution is -0.122.